The van der Waals surface area contributed by atoms with Crippen LogP contribution < -0.4 is 10.6 Å². The number of hydrogen-bond acceptors (Lipinski definition) is 4. The molecule has 21 heavy (non-hydrogen) atoms. The lowest BCUT2D eigenvalue weighted by Crippen LogP contribution is -2.54. The van der Waals surface area contributed by atoms with E-state index in [-0.39, 0.29) is 31.3 Å². The topological polar surface area (TPSA) is 102 Å². The van der Waals surface area contributed by atoms with E-state index in [0.29, 0.717) is 18.8 Å². The Morgan fingerprint density at radius 3 is 2.76 bits per heavy atom. The van der Waals surface area contributed by atoms with E-state index < -0.39 is 11.6 Å². The highest BCUT2D eigenvalue weighted by atomic mass is 16.2. The Hall–Kier alpha value is -2.10. The number of nitrogens with one attached hydrogen (secondary N) is 2. The lowest BCUT2D eigenvalue weighted by atomic mass is 9.76. The van der Waals surface area contributed by atoms with Gasteiger partial charge in [0, 0.05) is 6.54 Å². The van der Waals surface area contributed by atoms with E-state index in [2.05, 4.69) is 17.6 Å². The van der Waals surface area contributed by atoms with E-state index in [0.717, 1.165) is 12.8 Å². The van der Waals surface area contributed by atoms with E-state index in [1.807, 2.05) is 6.07 Å². The molecule has 1 aliphatic carbocycles. The van der Waals surface area contributed by atoms with Crippen LogP contribution >= 0.6 is 0 Å². The Morgan fingerprint density at radius 2 is 2.14 bits per heavy atom. The molecule has 0 aromatic rings. The Kier molecular flexibility index (Phi) is 4.46. The van der Waals surface area contributed by atoms with Gasteiger partial charge in [-0.25, -0.2) is 4.79 Å². The van der Waals surface area contributed by atoms with Gasteiger partial charge in [-0.05, 0) is 31.6 Å². The van der Waals surface area contributed by atoms with Gasteiger partial charge in [-0.15, -0.1) is 0 Å². The minimum Gasteiger partial charge on any atom is -0.354 e. The van der Waals surface area contributed by atoms with E-state index in [1.54, 1.807) is 0 Å². The molecule has 2 rings (SSSR count). The number of imide groups is 1. The van der Waals surface area contributed by atoms with E-state index in [9.17, 15) is 14.4 Å². The van der Waals surface area contributed by atoms with Crippen LogP contribution in [0.4, 0.5) is 4.79 Å². The molecule has 0 aromatic heterocycles. The van der Waals surface area contributed by atoms with Gasteiger partial charge in [-0.1, -0.05) is 6.92 Å². The monoisotopic (exact) mass is 292 g/mol. The van der Waals surface area contributed by atoms with Crippen LogP contribution in [0.3, 0.4) is 0 Å². The first-order valence-electron chi connectivity index (χ1n) is 7.26. The van der Waals surface area contributed by atoms with Crippen molar-refractivity contribution in [2.75, 3.05) is 13.1 Å². The summed E-state index contributed by atoms with van der Waals surface area (Å²) in [7, 11) is 0. The van der Waals surface area contributed by atoms with E-state index >= 15 is 0 Å². The summed E-state index contributed by atoms with van der Waals surface area (Å²) in [4.78, 5) is 37.4. The van der Waals surface area contributed by atoms with E-state index in [1.165, 1.54) is 4.90 Å². The minimum absolute atomic E-state index is 0.141. The summed E-state index contributed by atoms with van der Waals surface area (Å²) in [5.41, 5.74) is -0.865. The first-order valence-corrected chi connectivity index (χ1v) is 7.26. The van der Waals surface area contributed by atoms with Gasteiger partial charge in [0.25, 0.3) is 5.91 Å². The minimum atomic E-state index is -0.865. The summed E-state index contributed by atoms with van der Waals surface area (Å²) in [6, 6.07) is 1.44. The average molecular weight is 292 g/mol. The molecule has 1 saturated heterocycles. The molecule has 114 valence electrons. The molecule has 1 heterocycles. The summed E-state index contributed by atoms with van der Waals surface area (Å²) in [5, 5.41) is 13.4. The molecule has 2 aliphatic rings. The maximum atomic E-state index is 12.2. The van der Waals surface area contributed by atoms with Crippen molar-refractivity contribution >= 4 is 17.8 Å². The molecule has 0 atom stereocenters. The molecule has 0 radical (unpaired) electrons. The molecule has 2 N–H and O–H groups in total. The number of nitrogens with zero attached hydrogens (tertiary/aromatic N) is 2. The third-order valence-corrected chi connectivity index (χ3v) is 4.37. The van der Waals surface area contributed by atoms with Crippen LogP contribution in [0, 0.1) is 17.2 Å². The zero-order valence-corrected chi connectivity index (χ0v) is 12.1. The molecular formula is C14H20N4O3. The summed E-state index contributed by atoms with van der Waals surface area (Å²) < 4.78 is 0. The van der Waals surface area contributed by atoms with E-state index in [4.69, 9.17) is 5.26 Å². The lowest BCUT2D eigenvalue weighted by Gasteiger charge is -2.39. The Labute approximate surface area is 123 Å². The van der Waals surface area contributed by atoms with Crippen molar-refractivity contribution in [3.8, 4) is 6.07 Å². The van der Waals surface area contributed by atoms with Crippen LogP contribution in [0.15, 0.2) is 0 Å². The van der Waals surface area contributed by atoms with Crippen molar-refractivity contribution in [1.29, 1.82) is 5.26 Å². The number of amides is 4. The molecule has 0 aromatic carbocycles. The second-order valence-electron chi connectivity index (χ2n) is 5.82. The van der Waals surface area contributed by atoms with Crippen molar-refractivity contribution in [2.24, 2.45) is 5.92 Å². The molecule has 7 heteroatoms. The van der Waals surface area contributed by atoms with Gasteiger partial charge in [0.2, 0.25) is 5.91 Å². The summed E-state index contributed by atoms with van der Waals surface area (Å²) in [5.74, 6) is -0.0947. The van der Waals surface area contributed by atoms with Crippen molar-refractivity contribution in [3.05, 3.63) is 0 Å². The van der Waals surface area contributed by atoms with Gasteiger partial charge >= 0.3 is 6.03 Å². The summed E-state index contributed by atoms with van der Waals surface area (Å²) in [6.07, 6.45) is 3.15. The second-order valence-corrected chi connectivity index (χ2v) is 5.82. The fourth-order valence-electron chi connectivity index (χ4n) is 3.02. The van der Waals surface area contributed by atoms with Crippen LogP contribution in [0.5, 0.6) is 0 Å². The zero-order chi connectivity index (χ0) is 15.5. The Balaban J connectivity index is 2.05. The van der Waals surface area contributed by atoms with Crippen LogP contribution in [0.25, 0.3) is 0 Å². The van der Waals surface area contributed by atoms with Crippen LogP contribution in [0.2, 0.25) is 0 Å². The smallest absolute Gasteiger partial charge is 0.325 e. The average Bonchev–Trinajstić information content (AvgIpc) is 2.67. The molecule has 1 aliphatic heterocycles. The number of hydrogen-bond donors (Lipinski definition) is 2. The number of urea groups is 1. The molecule has 1 saturated carbocycles. The molecule has 1 spiro atoms. The van der Waals surface area contributed by atoms with Crippen molar-refractivity contribution < 1.29 is 14.4 Å². The van der Waals surface area contributed by atoms with Gasteiger partial charge in [-0.2, -0.15) is 5.26 Å². The number of rotatable bonds is 4. The first-order chi connectivity index (χ1) is 9.99. The molecule has 4 amide bonds. The lowest BCUT2D eigenvalue weighted by molar-refractivity contribution is -0.130. The molecule has 2 fully saturated rings. The molecule has 0 unspecified atom stereocenters. The molecular weight excluding hydrogens is 272 g/mol. The Bertz CT molecular complexity index is 489. The zero-order valence-electron chi connectivity index (χ0n) is 12.1. The fourth-order valence-corrected chi connectivity index (χ4v) is 3.02. The molecule has 0 bridgehead atoms. The SMILES string of the molecule is CC1CCC2(CC1)C(=O)NC(=O)N2CC(=O)NCCC#N. The number of carbonyl (C=O) groups is 3. The number of carbonyl (C=O) groups excluding carboxylic acids is 3. The largest absolute Gasteiger partial charge is 0.354 e. The van der Waals surface area contributed by atoms with Gasteiger partial charge in [0.1, 0.15) is 12.1 Å². The fraction of sp³-hybridized carbons (Fsp3) is 0.714. The number of nitriles is 1. The van der Waals surface area contributed by atoms with Crippen molar-refractivity contribution in [1.82, 2.24) is 15.5 Å². The van der Waals surface area contributed by atoms with Crippen molar-refractivity contribution in [3.63, 3.8) is 0 Å². The van der Waals surface area contributed by atoms with Gasteiger partial charge in [0.05, 0.1) is 12.5 Å². The third kappa shape index (κ3) is 2.99. The van der Waals surface area contributed by atoms with Crippen LogP contribution in [-0.4, -0.2) is 41.4 Å². The Morgan fingerprint density at radius 1 is 1.48 bits per heavy atom. The predicted molar refractivity (Wildman–Crippen MR) is 73.8 cm³/mol. The third-order valence-electron chi connectivity index (χ3n) is 4.37. The normalized spacial score (nSPS) is 28.4. The maximum absolute atomic E-state index is 12.2. The summed E-state index contributed by atoms with van der Waals surface area (Å²) in [6.45, 7) is 2.24. The predicted octanol–water partition coefficient (Wildman–Crippen LogP) is 0.517. The maximum Gasteiger partial charge on any atom is 0.325 e. The highest BCUT2D eigenvalue weighted by molar-refractivity contribution is 6.08. The highest BCUT2D eigenvalue weighted by Gasteiger charge is 2.54. The van der Waals surface area contributed by atoms with Gasteiger partial charge < -0.3 is 10.2 Å². The summed E-state index contributed by atoms with van der Waals surface area (Å²) >= 11 is 0. The van der Waals surface area contributed by atoms with Crippen LogP contribution in [0.1, 0.15) is 39.0 Å². The van der Waals surface area contributed by atoms with Crippen LogP contribution in [-0.2, 0) is 9.59 Å². The second kappa shape index (κ2) is 6.12. The molecule has 7 nitrogen and oxygen atoms in total. The quantitative estimate of drug-likeness (QED) is 0.582. The standard InChI is InChI=1S/C14H20N4O3/c1-10-3-5-14(6-4-10)12(20)17-13(21)18(14)9-11(19)16-8-2-7-15/h10H,2-6,8-9H2,1H3,(H,16,19)(H,17,20,21). The highest BCUT2D eigenvalue weighted by Crippen LogP contribution is 2.39. The van der Waals surface area contributed by atoms with Crippen molar-refractivity contribution in [2.45, 2.75) is 44.6 Å². The van der Waals surface area contributed by atoms with Gasteiger partial charge in [0.15, 0.2) is 0 Å². The first kappa shape index (κ1) is 15.3. The van der Waals surface area contributed by atoms with Gasteiger partial charge in [-0.3, -0.25) is 14.9 Å².